The van der Waals surface area contributed by atoms with E-state index in [0.29, 0.717) is 10.1 Å². The fourth-order valence-corrected chi connectivity index (χ4v) is 1.43. The van der Waals surface area contributed by atoms with Crippen LogP contribution in [0.1, 0.15) is 6.42 Å². The first kappa shape index (κ1) is 13.6. The third-order valence-electron chi connectivity index (χ3n) is 2.12. The maximum atomic E-state index is 11.3. The zero-order valence-electron chi connectivity index (χ0n) is 8.94. The Kier molecular flexibility index (Phi) is 4.76. The van der Waals surface area contributed by atoms with Crippen molar-refractivity contribution in [2.75, 3.05) is 28.3 Å². The van der Waals surface area contributed by atoms with E-state index in [0.717, 1.165) is 12.1 Å². The molecule has 82 valence electrons. The molecule has 0 aromatic rings. The molecule has 0 radical (unpaired) electrons. The summed E-state index contributed by atoms with van der Waals surface area (Å²) in [7, 11) is 7.55. The van der Waals surface area contributed by atoms with Crippen molar-refractivity contribution in [3.63, 3.8) is 0 Å². The zero-order valence-corrected chi connectivity index (χ0v) is 11.2. The molecule has 0 saturated carbocycles. The van der Waals surface area contributed by atoms with E-state index in [4.69, 9.17) is 4.74 Å². The van der Waals surface area contributed by atoms with Gasteiger partial charge in [-0.25, -0.2) is 4.79 Å². The molecule has 0 N–H and O–H groups in total. The van der Waals surface area contributed by atoms with E-state index in [-0.39, 0.29) is 27.0 Å². The molecule has 3 nitrogen and oxygen atoms in total. The minimum atomic E-state index is -0.239. The summed E-state index contributed by atoms with van der Waals surface area (Å²) in [5, 5.41) is 0. The number of methoxy groups -OCH3 is 1. The number of esters is 1. The summed E-state index contributed by atoms with van der Waals surface area (Å²) in [6.45, 7) is 0. The average molecular weight is 377 g/mol. The average Bonchev–Trinajstić information content (AvgIpc) is 2.49. The molecular weight excluding hydrogens is 361 g/mol. The number of quaternary nitrogens is 1. The van der Waals surface area contributed by atoms with Crippen molar-refractivity contribution in [1.29, 1.82) is 0 Å². The number of nitrogens with zero attached hydrogens (tertiary/aromatic N) is 1. The molecule has 0 heterocycles. The van der Waals surface area contributed by atoms with Crippen LogP contribution in [0.4, 0.5) is 0 Å². The van der Waals surface area contributed by atoms with E-state index >= 15 is 0 Å². The van der Waals surface area contributed by atoms with E-state index in [9.17, 15) is 4.79 Å². The van der Waals surface area contributed by atoms with E-state index in [1.165, 1.54) is 7.11 Å². The van der Waals surface area contributed by atoms with Crippen molar-refractivity contribution in [3.05, 3.63) is 23.4 Å². The van der Waals surface area contributed by atoms with E-state index in [1.807, 2.05) is 33.3 Å². The van der Waals surface area contributed by atoms with Crippen molar-refractivity contribution in [1.82, 2.24) is 0 Å². The third-order valence-corrected chi connectivity index (χ3v) is 2.12. The molecule has 0 amide bonds. The van der Waals surface area contributed by atoms with Crippen molar-refractivity contribution in [2.45, 2.75) is 6.42 Å². The maximum Gasteiger partial charge on any atom is 0.343 e. The fourth-order valence-electron chi connectivity index (χ4n) is 1.43. The Bertz CT molecular complexity index is 287. The van der Waals surface area contributed by atoms with Gasteiger partial charge in [0.15, 0.2) is 0 Å². The van der Waals surface area contributed by atoms with Gasteiger partial charge in [-0.15, -0.1) is 0 Å². The van der Waals surface area contributed by atoms with Crippen LogP contribution in [-0.2, 0) is 30.6 Å². The monoisotopic (exact) mass is 377 g/mol. The van der Waals surface area contributed by atoms with Crippen LogP contribution in [0.2, 0.25) is 0 Å². The smallest absolute Gasteiger partial charge is 0.343 e. The molecular formula is C10H16NO2Pt+. The molecule has 0 aromatic carbocycles. The van der Waals surface area contributed by atoms with Gasteiger partial charge in [0.2, 0.25) is 0 Å². The first-order valence-electron chi connectivity index (χ1n) is 4.27. The second-order valence-corrected chi connectivity index (χ2v) is 3.97. The first-order chi connectivity index (χ1) is 5.96. The van der Waals surface area contributed by atoms with Crippen LogP contribution in [0, 0.1) is 0 Å². The van der Waals surface area contributed by atoms with Crippen molar-refractivity contribution < 1.29 is 35.1 Å². The Labute approximate surface area is 99.3 Å². The van der Waals surface area contributed by atoms with Gasteiger partial charge in [-0.2, -0.15) is 0 Å². The van der Waals surface area contributed by atoms with Crippen molar-refractivity contribution in [2.24, 2.45) is 0 Å². The Morgan fingerprint density at radius 2 is 2.00 bits per heavy atom. The minimum absolute atomic E-state index is 0. The number of carbonyl (C=O) groups excluding carboxylic acids is 1. The maximum absolute atomic E-state index is 11.3. The summed E-state index contributed by atoms with van der Waals surface area (Å²) in [5.74, 6) is -0.239. The van der Waals surface area contributed by atoms with Crippen LogP contribution in [0.25, 0.3) is 0 Å². The van der Waals surface area contributed by atoms with E-state index < -0.39 is 0 Å². The Hall–Kier alpha value is -0.402. The van der Waals surface area contributed by atoms with Crippen molar-refractivity contribution in [3.8, 4) is 0 Å². The van der Waals surface area contributed by atoms with Gasteiger partial charge in [0.1, 0.15) is 11.3 Å². The summed E-state index contributed by atoms with van der Waals surface area (Å²) in [6.07, 6.45) is 4.67. The molecule has 1 aliphatic carbocycles. The molecule has 0 aromatic heterocycles. The second-order valence-electron chi connectivity index (χ2n) is 3.97. The summed E-state index contributed by atoms with van der Waals surface area (Å²) in [6, 6.07) is 0. The molecule has 0 atom stereocenters. The van der Waals surface area contributed by atoms with Gasteiger partial charge in [-0.1, -0.05) is 6.08 Å². The number of carbonyl (C=O) groups is 1. The Balaban J connectivity index is 0.00000169. The van der Waals surface area contributed by atoms with Crippen LogP contribution >= 0.6 is 0 Å². The van der Waals surface area contributed by atoms with Crippen molar-refractivity contribution >= 4 is 5.97 Å². The van der Waals surface area contributed by atoms with Crippen LogP contribution in [0.3, 0.4) is 0 Å². The number of allylic oxidation sites excluding steroid dienone is 1. The molecule has 1 aliphatic rings. The van der Waals surface area contributed by atoms with Gasteiger partial charge in [-0.3, -0.25) is 0 Å². The molecule has 1 rings (SSSR count). The van der Waals surface area contributed by atoms with Gasteiger partial charge in [0.05, 0.1) is 28.3 Å². The Morgan fingerprint density at radius 3 is 2.43 bits per heavy atom. The topological polar surface area (TPSA) is 26.3 Å². The largest absolute Gasteiger partial charge is 0.465 e. The fraction of sp³-hybridized carbons (Fsp3) is 0.500. The second kappa shape index (κ2) is 4.90. The van der Waals surface area contributed by atoms with E-state index in [2.05, 4.69) is 0 Å². The number of hydrogen-bond donors (Lipinski definition) is 0. The van der Waals surface area contributed by atoms with Gasteiger partial charge >= 0.3 is 5.97 Å². The molecule has 0 unspecified atom stereocenters. The van der Waals surface area contributed by atoms with Gasteiger partial charge in [0.25, 0.3) is 0 Å². The molecule has 4 heteroatoms. The zero-order chi connectivity index (χ0) is 10.1. The van der Waals surface area contributed by atoms with Crippen LogP contribution in [0.5, 0.6) is 0 Å². The predicted molar refractivity (Wildman–Crippen MR) is 50.8 cm³/mol. The summed E-state index contributed by atoms with van der Waals surface area (Å²) < 4.78 is 5.38. The molecule has 0 fully saturated rings. The van der Waals surface area contributed by atoms with Crippen LogP contribution in [0.15, 0.2) is 23.4 Å². The van der Waals surface area contributed by atoms with Crippen LogP contribution < -0.4 is 0 Å². The molecule has 0 aliphatic heterocycles. The summed E-state index contributed by atoms with van der Waals surface area (Å²) in [4.78, 5) is 11.3. The quantitative estimate of drug-likeness (QED) is 0.532. The normalized spacial score (nSPS) is 15.4. The number of rotatable bonds is 2. The van der Waals surface area contributed by atoms with Gasteiger partial charge < -0.3 is 9.22 Å². The molecule has 14 heavy (non-hydrogen) atoms. The SMILES string of the molecule is COC(=O)C1=C([N+](C)(C)C)CC=C1.[Pt]. The van der Waals surface area contributed by atoms with Gasteiger partial charge in [0, 0.05) is 27.5 Å². The molecule has 0 saturated heterocycles. The number of ether oxygens (including phenoxy) is 1. The first-order valence-corrected chi connectivity index (χ1v) is 4.27. The third kappa shape index (κ3) is 2.79. The predicted octanol–water partition coefficient (Wildman–Crippen LogP) is 1.08. The molecule has 0 bridgehead atoms. The van der Waals surface area contributed by atoms with Gasteiger partial charge in [-0.05, 0) is 6.08 Å². The minimum Gasteiger partial charge on any atom is -0.465 e. The Morgan fingerprint density at radius 1 is 1.43 bits per heavy atom. The standard InChI is InChI=1S/C10H16NO2.Pt/c1-11(2,3)9-7-5-6-8(9)10(12)13-4;/h5-6H,7H2,1-4H3;/q+1;. The number of hydrogen-bond acceptors (Lipinski definition) is 2. The van der Waals surface area contributed by atoms with E-state index in [1.54, 1.807) is 0 Å². The summed E-state index contributed by atoms with van der Waals surface area (Å²) in [5.41, 5.74) is 1.81. The van der Waals surface area contributed by atoms with Crippen LogP contribution in [-0.4, -0.2) is 38.7 Å². The summed E-state index contributed by atoms with van der Waals surface area (Å²) >= 11 is 0. The molecule has 0 spiro atoms.